The first-order chi connectivity index (χ1) is 9.03. The zero-order valence-electron chi connectivity index (χ0n) is 10.5. The monoisotopic (exact) mass is 304 g/mol. The Hall–Kier alpha value is -0.960. The maximum atomic E-state index is 12.0. The predicted molar refractivity (Wildman–Crippen MR) is 71.9 cm³/mol. The lowest BCUT2D eigenvalue weighted by Gasteiger charge is -2.10. The molecule has 0 saturated carbocycles. The molecule has 0 spiro atoms. The van der Waals surface area contributed by atoms with E-state index in [0.29, 0.717) is 6.54 Å². The van der Waals surface area contributed by atoms with Crippen molar-refractivity contribution in [1.29, 1.82) is 0 Å². The number of ether oxygens (including phenoxy) is 1. The van der Waals surface area contributed by atoms with Crippen LogP contribution in [0.1, 0.15) is 22.5 Å². The Morgan fingerprint density at radius 2 is 2.42 bits per heavy atom. The average molecular weight is 304 g/mol. The molecule has 0 aromatic carbocycles. The van der Waals surface area contributed by atoms with Crippen LogP contribution < -0.4 is 10.0 Å². The third-order valence-corrected chi connectivity index (χ3v) is 5.42. The Morgan fingerprint density at radius 1 is 1.63 bits per heavy atom. The number of hydrogen-bond donors (Lipinski definition) is 2. The fourth-order valence-corrected chi connectivity index (χ4v) is 4.16. The Labute approximate surface area is 116 Å². The van der Waals surface area contributed by atoms with Gasteiger partial charge in [0.1, 0.15) is 4.88 Å². The number of esters is 1. The van der Waals surface area contributed by atoms with E-state index in [1.807, 2.05) is 0 Å². The van der Waals surface area contributed by atoms with Crippen LogP contribution in [0.3, 0.4) is 0 Å². The molecule has 1 aliphatic heterocycles. The van der Waals surface area contributed by atoms with E-state index in [-0.39, 0.29) is 15.8 Å². The maximum Gasteiger partial charge on any atom is 0.348 e. The van der Waals surface area contributed by atoms with E-state index in [4.69, 9.17) is 0 Å². The molecule has 1 saturated heterocycles. The Balaban J connectivity index is 2.02. The van der Waals surface area contributed by atoms with Crippen molar-refractivity contribution in [2.45, 2.75) is 23.8 Å². The molecule has 8 heteroatoms. The fourth-order valence-electron chi connectivity index (χ4n) is 1.89. The molecule has 19 heavy (non-hydrogen) atoms. The first kappa shape index (κ1) is 14.4. The molecule has 1 aromatic heterocycles. The highest BCUT2D eigenvalue weighted by Gasteiger charge is 2.21. The second-order valence-corrected chi connectivity index (χ2v) is 6.96. The van der Waals surface area contributed by atoms with E-state index in [0.717, 1.165) is 30.7 Å². The summed E-state index contributed by atoms with van der Waals surface area (Å²) >= 11 is 1.06. The number of carbonyl (C=O) groups is 1. The number of hydrogen-bond acceptors (Lipinski definition) is 6. The van der Waals surface area contributed by atoms with Crippen molar-refractivity contribution in [3.63, 3.8) is 0 Å². The molecule has 106 valence electrons. The van der Waals surface area contributed by atoms with Gasteiger partial charge in [-0.2, -0.15) is 0 Å². The second-order valence-electron chi connectivity index (χ2n) is 4.28. The molecule has 1 fully saturated rings. The van der Waals surface area contributed by atoms with E-state index in [1.54, 1.807) is 0 Å². The minimum atomic E-state index is -3.56. The van der Waals surface area contributed by atoms with Gasteiger partial charge < -0.3 is 10.1 Å². The number of nitrogens with one attached hydrogen (secondary N) is 2. The minimum absolute atomic E-state index is 0.107. The molecule has 0 amide bonds. The number of rotatable bonds is 5. The normalized spacial score (nSPS) is 19.5. The number of thiophene rings is 1. The van der Waals surface area contributed by atoms with Gasteiger partial charge in [-0.15, -0.1) is 11.3 Å². The van der Waals surface area contributed by atoms with Crippen molar-refractivity contribution < 1.29 is 17.9 Å². The van der Waals surface area contributed by atoms with E-state index in [1.165, 1.54) is 18.6 Å². The first-order valence-electron chi connectivity index (χ1n) is 5.93. The van der Waals surface area contributed by atoms with Crippen LogP contribution in [0.5, 0.6) is 0 Å². The lowest BCUT2D eigenvalue weighted by molar-refractivity contribution is 0.0606. The number of methoxy groups -OCH3 is 1. The largest absolute Gasteiger partial charge is 0.465 e. The van der Waals surface area contributed by atoms with Gasteiger partial charge in [-0.3, -0.25) is 0 Å². The van der Waals surface area contributed by atoms with E-state index in [9.17, 15) is 13.2 Å². The topological polar surface area (TPSA) is 84.5 Å². The molecular formula is C11H16N2O4S2. The minimum Gasteiger partial charge on any atom is -0.465 e. The van der Waals surface area contributed by atoms with Crippen LogP contribution in [0.25, 0.3) is 0 Å². The molecule has 6 nitrogen and oxygen atoms in total. The van der Waals surface area contributed by atoms with Crippen LogP contribution in [-0.4, -0.2) is 40.6 Å². The van der Waals surface area contributed by atoms with Gasteiger partial charge in [0.15, 0.2) is 0 Å². The van der Waals surface area contributed by atoms with Gasteiger partial charge in [0.2, 0.25) is 10.0 Å². The van der Waals surface area contributed by atoms with E-state index < -0.39 is 16.0 Å². The van der Waals surface area contributed by atoms with Crippen molar-refractivity contribution >= 4 is 27.3 Å². The molecule has 0 aliphatic carbocycles. The highest BCUT2D eigenvalue weighted by atomic mass is 32.2. The maximum absolute atomic E-state index is 12.0. The van der Waals surface area contributed by atoms with Gasteiger partial charge >= 0.3 is 5.97 Å². The first-order valence-corrected chi connectivity index (χ1v) is 8.29. The highest BCUT2D eigenvalue weighted by molar-refractivity contribution is 7.89. The summed E-state index contributed by atoms with van der Waals surface area (Å²) < 4.78 is 31.2. The molecule has 1 aliphatic rings. The summed E-state index contributed by atoms with van der Waals surface area (Å²) in [6, 6.07) is 1.52. The molecule has 2 heterocycles. The van der Waals surface area contributed by atoms with Crippen molar-refractivity contribution in [2.24, 2.45) is 0 Å². The third-order valence-electron chi connectivity index (χ3n) is 2.95. The Kier molecular flexibility index (Phi) is 4.56. The molecule has 0 radical (unpaired) electrons. The molecule has 1 aromatic rings. The summed E-state index contributed by atoms with van der Waals surface area (Å²) in [5.41, 5.74) is 0. The third kappa shape index (κ3) is 3.53. The molecular weight excluding hydrogens is 288 g/mol. The molecule has 0 bridgehead atoms. The highest BCUT2D eigenvalue weighted by Crippen LogP contribution is 2.20. The zero-order chi connectivity index (χ0) is 13.9. The van der Waals surface area contributed by atoms with Gasteiger partial charge in [0.25, 0.3) is 0 Å². The lowest BCUT2D eigenvalue weighted by atomic mass is 10.2. The Morgan fingerprint density at radius 3 is 3.05 bits per heavy atom. The van der Waals surface area contributed by atoms with Gasteiger partial charge in [-0.05, 0) is 25.5 Å². The molecule has 1 atom stereocenters. The molecule has 2 N–H and O–H groups in total. The summed E-state index contributed by atoms with van der Waals surface area (Å²) in [7, 11) is -2.29. The van der Waals surface area contributed by atoms with E-state index in [2.05, 4.69) is 14.8 Å². The number of carbonyl (C=O) groups excluding carboxylic acids is 1. The van der Waals surface area contributed by atoms with Crippen molar-refractivity contribution in [3.05, 3.63) is 16.3 Å². The number of sulfonamides is 1. The fraction of sp³-hybridized carbons (Fsp3) is 0.545. The average Bonchev–Trinajstić information content (AvgIpc) is 3.06. The summed E-state index contributed by atoms with van der Waals surface area (Å²) in [5, 5.41) is 4.66. The van der Waals surface area contributed by atoms with Gasteiger partial charge in [0.05, 0.1) is 12.0 Å². The summed E-state index contributed by atoms with van der Waals surface area (Å²) in [6.07, 6.45) is 2.04. The summed E-state index contributed by atoms with van der Waals surface area (Å²) in [4.78, 5) is 11.7. The van der Waals surface area contributed by atoms with Gasteiger partial charge in [-0.1, -0.05) is 0 Å². The molecule has 1 unspecified atom stereocenters. The van der Waals surface area contributed by atoms with Gasteiger partial charge in [0, 0.05) is 18.0 Å². The van der Waals surface area contributed by atoms with Crippen LogP contribution >= 0.6 is 11.3 Å². The van der Waals surface area contributed by atoms with Crippen LogP contribution in [-0.2, 0) is 14.8 Å². The zero-order valence-corrected chi connectivity index (χ0v) is 12.1. The van der Waals surface area contributed by atoms with Crippen LogP contribution in [0.2, 0.25) is 0 Å². The van der Waals surface area contributed by atoms with Crippen molar-refractivity contribution in [1.82, 2.24) is 10.0 Å². The predicted octanol–water partition coefficient (Wildman–Crippen LogP) is 0.565. The quantitative estimate of drug-likeness (QED) is 0.777. The summed E-state index contributed by atoms with van der Waals surface area (Å²) in [6.45, 7) is 1.29. The van der Waals surface area contributed by atoms with Crippen molar-refractivity contribution in [3.8, 4) is 0 Å². The van der Waals surface area contributed by atoms with Crippen LogP contribution in [0.15, 0.2) is 16.3 Å². The van der Waals surface area contributed by atoms with E-state index >= 15 is 0 Å². The lowest BCUT2D eigenvalue weighted by Crippen LogP contribution is -2.37. The summed E-state index contributed by atoms with van der Waals surface area (Å²) in [5.74, 6) is -0.524. The second kappa shape index (κ2) is 6.00. The van der Waals surface area contributed by atoms with Crippen molar-refractivity contribution in [2.75, 3.05) is 20.2 Å². The molecule has 2 rings (SSSR count). The van der Waals surface area contributed by atoms with Gasteiger partial charge in [-0.25, -0.2) is 17.9 Å². The van der Waals surface area contributed by atoms with Crippen LogP contribution in [0, 0.1) is 0 Å². The smallest absolute Gasteiger partial charge is 0.348 e. The Bertz CT molecular complexity index is 547. The SMILES string of the molecule is COC(=O)c1cc(S(=O)(=O)NCC2CCCN2)cs1. The van der Waals surface area contributed by atoms with Crippen LogP contribution in [0.4, 0.5) is 0 Å². The standard InChI is InChI=1S/C11H16N2O4S2/c1-17-11(14)10-5-9(7-18-10)19(15,16)13-6-8-3-2-4-12-8/h5,7-8,12-13H,2-4,6H2,1H3.